The molecule has 0 spiro atoms. The van der Waals surface area contributed by atoms with Crippen LogP contribution in [0.15, 0.2) is 75.5 Å². The fourth-order valence-electron chi connectivity index (χ4n) is 5.57. The average molecular weight is 735 g/mol. The number of halogens is 4. The number of carbonyl (C=O) groups excluding carboxylic acids is 1. The number of aromatic nitrogens is 3. The van der Waals surface area contributed by atoms with Crippen molar-refractivity contribution in [1.82, 2.24) is 14.8 Å². The number of fused-ring (bicyclic) bond motifs is 1. The van der Waals surface area contributed by atoms with Crippen molar-refractivity contribution in [3.63, 3.8) is 0 Å². The molecular weight excluding hydrogens is 707 g/mol. The Kier molecular flexibility index (Phi) is 8.96. The Morgan fingerprint density at radius 1 is 1.07 bits per heavy atom. The number of Topliss-reactive ketones (excluding diaryl/α,β-unsaturated/α-hetero) is 1. The average Bonchev–Trinajstić information content (AvgIpc) is 3.37. The van der Waals surface area contributed by atoms with Crippen molar-refractivity contribution in [1.29, 1.82) is 0 Å². The Balaban J connectivity index is 1.38. The van der Waals surface area contributed by atoms with Crippen LogP contribution in [0.3, 0.4) is 0 Å². The normalized spacial score (nSPS) is 17.2. The highest BCUT2D eigenvalue weighted by molar-refractivity contribution is 9.10. The van der Waals surface area contributed by atoms with Gasteiger partial charge >= 0.3 is 0 Å². The third-order valence-electron chi connectivity index (χ3n) is 7.62. The van der Waals surface area contributed by atoms with Gasteiger partial charge in [0.1, 0.15) is 12.6 Å². The first kappa shape index (κ1) is 31.3. The second kappa shape index (κ2) is 12.6. The van der Waals surface area contributed by atoms with Gasteiger partial charge in [-0.2, -0.15) is 4.98 Å². The highest BCUT2D eigenvalue weighted by Crippen LogP contribution is 2.48. The molecule has 1 aromatic heterocycles. The molecule has 4 aromatic rings. The Hall–Kier alpha value is -2.69. The van der Waals surface area contributed by atoms with Gasteiger partial charge in [0.15, 0.2) is 17.3 Å². The van der Waals surface area contributed by atoms with Gasteiger partial charge in [0.2, 0.25) is 11.1 Å². The van der Waals surface area contributed by atoms with Crippen LogP contribution in [0.4, 0.5) is 5.95 Å². The number of nitrogens with zero attached hydrogens (tertiary/aromatic N) is 3. The molecule has 0 saturated carbocycles. The van der Waals surface area contributed by atoms with Crippen molar-refractivity contribution in [3.05, 3.63) is 102 Å². The maximum atomic E-state index is 13.8. The number of anilines is 1. The summed E-state index contributed by atoms with van der Waals surface area (Å²) in [5.41, 5.74) is 3.82. The highest BCUT2D eigenvalue weighted by Gasteiger charge is 2.42. The van der Waals surface area contributed by atoms with Gasteiger partial charge in [-0.05, 0) is 69.2 Å². The fourth-order valence-corrected chi connectivity index (χ4v) is 7.76. The van der Waals surface area contributed by atoms with Crippen molar-refractivity contribution < 1.29 is 14.3 Å². The Labute approximate surface area is 283 Å². The molecule has 2 heterocycles. The molecule has 0 bridgehead atoms. The van der Waals surface area contributed by atoms with Crippen LogP contribution >= 0.6 is 62.5 Å². The van der Waals surface area contributed by atoms with E-state index in [1.807, 2.05) is 36.4 Å². The zero-order valence-electron chi connectivity index (χ0n) is 24.1. The molecule has 1 atom stereocenters. The highest BCUT2D eigenvalue weighted by atomic mass is 79.9. The van der Waals surface area contributed by atoms with Gasteiger partial charge in [0, 0.05) is 44.1 Å². The summed E-state index contributed by atoms with van der Waals surface area (Å²) in [6.07, 6.45) is 1.14. The Bertz CT molecular complexity index is 1790. The SMILES string of the molecule is COc1cc(C2C3=C(CC(C)(C)CC3=O)Nc3nc(SCc4ccccc4Cl)nn32)cc(Br)c1OCc1c(Cl)cccc1Cl. The summed E-state index contributed by atoms with van der Waals surface area (Å²) in [5, 5.41) is 10.6. The number of benzene rings is 3. The number of nitrogens with one attached hydrogen (secondary N) is 1. The standard InChI is InChI=1S/C32H28BrCl3N4O3S/c1-32(2)13-24-27(25(41)14-32)28(40-30(37-24)38-31(39-40)44-16-17-7-4-5-8-21(17)34)18-11-20(33)29(26(12-18)42-3)43-15-19-22(35)9-6-10-23(19)36/h4-12,28H,13-16H2,1-3H3,(H,37,38,39). The number of methoxy groups -OCH3 is 1. The summed E-state index contributed by atoms with van der Waals surface area (Å²) in [6, 6.07) is 16.3. The maximum absolute atomic E-state index is 13.8. The molecule has 1 aliphatic carbocycles. The van der Waals surface area contributed by atoms with Crippen molar-refractivity contribution in [2.24, 2.45) is 5.41 Å². The molecule has 6 rings (SSSR count). The molecule has 0 radical (unpaired) electrons. The summed E-state index contributed by atoms with van der Waals surface area (Å²) in [4.78, 5) is 18.6. The first-order chi connectivity index (χ1) is 21.0. The van der Waals surface area contributed by atoms with E-state index in [1.165, 1.54) is 11.8 Å². The van der Waals surface area contributed by atoms with Gasteiger partial charge < -0.3 is 14.8 Å². The first-order valence-electron chi connectivity index (χ1n) is 13.8. The lowest BCUT2D eigenvalue weighted by atomic mass is 9.73. The summed E-state index contributed by atoms with van der Waals surface area (Å²) >= 11 is 24.3. The van der Waals surface area contributed by atoms with Crippen LogP contribution in [0, 0.1) is 5.41 Å². The number of allylic oxidation sites excluding steroid dienone is 2. The largest absolute Gasteiger partial charge is 0.493 e. The number of hydrogen-bond acceptors (Lipinski definition) is 7. The lowest BCUT2D eigenvalue weighted by molar-refractivity contribution is -0.118. The number of thioether (sulfide) groups is 1. The quantitative estimate of drug-likeness (QED) is 0.181. The maximum Gasteiger partial charge on any atom is 0.227 e. The molecule has 0 saturated heterocycles. The number of hydrogen-bond donors (Lipinski definition) is 1. The second-order valence-corrected chi connectivity index (χ2v) is 14.4. The molecule has 44 heavy (non-hydrogen) atoms. The van der Waals surface area contributed by atoms with E-state index >= 15 is 0 Å². The Morgan fingerprint density at radius 3 is 2.52 bits per heavy atom. The van der Waals surface area contributed by atoms with E-state index in [4.69, 9.17) is 54.4 Å². The molecule has 1 N–H and O–H groups in total. The van der Waals surface area contributed by atoms with Crippen LogP contribution < -0.4 is 14.8 Å². The van der Waals surface area contributed by atoms with E-state index in [0.717, 1.165) is 16.8 Å². The molecular formula is C32H28BrCl3N4O3S. The zero-order valence-corrected chi connectivity index (χ0v) is 28.8. The van der Waals surface area contributed by atoms with Gasteiger partial charge in [-0.25, -0.2) is 4.68 Å². The van der Waals surface area contributed by atoms with E-state index in [1.54, 1.807) is 30.0 Å². The molecule has 1 aliphatic heterocycles. The fraction of sp³-hybridized carbons (Fsp3) is 0.281. The summed E-state index contributed by atoms with van der Waals surface area (Å²) < 4.78 is 14.4. The third kappa shape index (κ3) is 6.22. The van der Waals surface area contributed by atoms with Crippen LogP contribution in [0.2, 0.25) is 15.1 Å². The van der Waals surface area contributed by atoms with Crippen molar-refractivity contribution in [3.8, 4) is 11.5 Å². The van der Waals surface area contributed by atoms with E-state index in [-0.39, 0.29) is 17.8 Å². The van der Waals surface area contributed by atoms with Gasteiger partial charge in [-0.15, -0.1) is 5.10 Å². The number of ketones is 1. The number of ether oxygens (including phenoxy) is 2. The molecule has 1 unspecified atom stereocenters. The minimum Gasteiger partial charge on any atom is -0.493 e. The third-order valence-corrected chi connectivity index (χ3v) is 10.2. The van der Waals surface area contributed by atoms with E-state index in [9.17, 15) is 4.79 Å². The number of carbonyl (C=O) groups is 1. The summed E-state index contributed by atoms with van der Waals surface area (Å²) in [6.45, 7) is 4.35. The molecule has 12 heteroatoms. The topological polar surface area (TPSA) is 78.3 Å². The van der Waals surface area contributed by atoms with Crippen LogP contribution in [0.25, 0.3) is 0 Å². The molecule has 0 fully saturated rings. The van der Waals surface area contributed by atoms with Gasteiger partial charge in [-0.3, -0.25) is 4.79 Å². The first-order valence-corrected chi connectivity index (χ1v) is 16.7. The van der Waals surface area contributed by atoms with Crippen molar-refractivity contribution >= 4 is 74.2 Å². The zero-order chi connectivity index (χ0) is 31.2. The number of rotatable bonds is 8. The lowest BCUT2D eigenvalue weighted by Crippen LogP contribution is -2.36. The van der Waals surface area contributed by atoms with Gasteiger partial charge in [0.25, 0.3) is 0 Å². The monoisotopic (exact) mass is 732 g/mol. The Morgan fingerprint density at radius 2 is 1.80 bits per heavy atom. The van der Waals surface area contributed by atoms with Crippen LogP contribution in [0.5, 0.6) is 11.5 Å². The van der Waals surface area contributed by atoms with E-state index < -0.39 is 6.04 Å². The lowest BCUT2D eigenvalue weighted by Gasteiger charge is -2.38. The van der Waals surface area contributed by atoms with Crippen LogP contribution in [0.1, 0.15) is 49.4 Å². The smallest absolute Gasteiger partial charge is 0.227 e. The minimum absolute atomic E-state index is 0.0731. The van der Waals surface area contributed by atoms with Gasteiger partial charge in [0.05, 0.1) is 11.6 Å². The van der Waals surface area contributed by atoms with E-state index in [2.05, 4.69) is 35.1 Å². The summed E-state index contributed by atoms with van der Waals surface area (Å²) in [7, 11) is 1.58. The predicted molar refractivity (Wildman–Crippen MR) is 179 cm³/mol. The molecule has 7 nitrogen and oxygen atoms in total. The minimum atomic E-state index is -0.524. The van der Waals surface area contributed by atoms with E-state index in [0.29, 0.717) is 71.9 Å². The predicted octanol–water partition coefficient (Wildman–Crippen LogP) is 9.54. The van der Waals surface area contributed by atoms with Crippen LogP contribution in [-0.4, -0.2) is 27.7 Å². The molecule has 228 valence electrons. The molecule has 2 aliphatic rings. The molecule has 3 aromatic carbocycles. The van der Waals surface area contributed by atoms with Crippen LogP contribution in [-0.2, 0) is 17.2 Å². The second-order valence-electron chi connectivity index (χ2n) is 11.4. The van der Waals surface area contributed by atoms with Gasteiger partial charge in [-0.1, -0.05) is 84.7 Å². The van der Waals surface area contributed by atoms with Crippen molar-refractivity contribution in [2.75, 3.05) is 12.4 Å². The molecule has 0 amide bonds. The van der Waals surface area contributed by atoms with Crippen molar-refractivity contribution in [2.45, 2.75) is 50.2 Å². The summed E-state index contributed by atoms with van der Waals surface area (Å²) in [5.74, 6) is 2.22.